The summed E-state index contributed by atoms with van der Waals surface area (Å²) < 4.78 is 4.90. The Morgan fingerprint density at radius 1 is 1.07 bits per heavy atom. The van der Waals surface area contributed by atoms with Gasteiger partial charge < -0.3 is 15.0 Å². The average Bonchev–Trinajstić information content (AvgIpc) is 3.15. The van der Waals surface area contributed by atoms with E-state index in [1.807, 2.05) is 60.8 Å². The van der Waals surface area contributed by atoms with E-state index in [4.69, 9.17) is 4.74 Å². The molecule has 0 fully saturated rings. The van der Waals surface area contributed by atoms with Crippen LogP contribution in [0.15, 0.2) is 66.9 Å². The third-order valence-corrected chi connectivity index (χ3v) is 4.72. The van der Waals surface area contributed by atoms with E-state index in [1.54, 1.807) is 6.07 Å². The van der Waals surface area contributed by atoms with E-state index in [2.05, 4.69) is 15.3 Å². The molecule has 0 unspecified atom stereocenters. The van der Waals surface area contributed by atoms with Crippen LogP contribution in [-0.4, -0.2) is 35.0 Å². The molecule has 0 saturated heterocycles. The molecule has 6 heteroatoms. The lowest BCUT2D eigenvalue weighted by atomic mass is 10.0. The summed E-state index contributed by atoms with van der Waals surface area (Å²) in [7, 11) is 1.31. The zero-order valence-corrected chi connectivity index (χ0v) is 15.3. The van der Waals surface area contributed by atoms with Gasteiger partial charge in [0.2, 0.25) is 0 Å². The van der Waals surface area contributed by atoms with E-state index in [0.717, 1.165) is 27.4 Å². The summed E-state index contributed by atoms with van der Waals surface area (Å²) in [6.07, 6.45) is 2.16. The van der Waals surface area contributed by atoms with Crippen molar-refractivity contribution in [2.45, 2.75) is 12.5 Å². The van der Waals surface area contributed by atoms with Gasteiger partial charge in [-0.15, -0.1) is 0 Å². The predicted octanol–water partition coefficient (Wildman–Crippen LogP) is 3.23. The molecule has 0 bridgehead atoms. The highest BCUT2D eigenvalue weighted by atomic mass is 16.5. The van der Waals surface area contributed by atoms with Crippen LogP contribution in [0.3, 0.4) is 0 Å². The van der Waals surface area contributed by atoms with Crippen molar-refractivity contribution < 1.29 is 14.3 Å². The van der Waals surface area contributed by atoms with Gasteiger partial charge in [0.25, 0.3) is 5.91 Å². The molecule has 1 atom stereocenters. The number of amides is 1. The molecule has 0 saturated carbocycles. The quantitative estimate of drug-likeness (QED) is 0.526. The molecule has 1 amide bonds. The first-order valence-electron chi connectivity index (χ1n) is 8.95. The molecule has 0 radical (unpaired) electrons. The van der Waals surface area contributed by atoms with Gasteiger partial charge in [-0.3, -0.25) is 4.79 Å². The minimum absolute atomic E-state index is 0.256. The first-order chi connectivity index (χ1) is 13.7. The van der Waals surface area contributed by atoms with Crippen molar-refractivity contribution in [2.75, 3.05) is 7.11 Å². The molecule has 2 N–H and O–H groups in total. The highest BCUT2D eigenvalue weighted by Crippen LogP contribution is 2.19. The first-order valence-corrected chi connectivity index (χ1v) is 8.95. The summed E-state index contributed by atoms with van der Waals surface area (Å²) in [6.45, 7) is 0. The summed E-state index contributed by atoms with van der Waals surface area (Å²) in [6, 6.07) is 18.0. The molecule has 0 spiro atoms. The number of fused-ring (bicyclic) bond motifs is 2. The number of aromatic nitrogens is 2. The topological polar surface area (TPSA) is 84.1 Å². The van der Waals surface area contributed by atoms with Crippen molar-refractivity contribution in [3.05, 3.63) is 78.1 Å². The number of aromatic amines is 1. The zero-order valence-electron chi connectivity index (χ0n) is 15.3. The maximum atomic E-state index is 12.7. The van der Waals surface area contributed by atoms with Crippen molar-refractivity contribution in [2.24, 2.45) is 0 Å². The number of ether oxygens (including phenoxy) is 1. The summed E-state index contributed by atoms with van der Waals surface area (Å²) in [5.41, 5.74) is 2.88. The molecule has 0 aliphatic heterocycles. The van der Waals surface area contributed by atoms with Crippen molar-refractivity contribution in [1.82, 2.24) is 15.3 Å². The van der Waals surface area contributed by atoms with Crippen LogP contribution in [0.1, 0.15) is 16.1 Å². The van der Waals surface area contributed by atoms with Gasteiger partial charge in [-0.2, -0.15) is 0 Å². The number of carbonyl (C=O) groups is 2. The number of hydrogen-bond donors (Lipinski definition) is 2. The molecule has 4 aromatic rings. The van der Waals surface area contributed by atoms with Gasteiger partial charge in [0.15, 0.2) is 0 Å². The van der Waals surface area contributed by atoms with Gasteiger partial charge in [-0.25, -0.2) is 9.78 Å². The van der Waals surface area contributed by atoms with E-state index >= 15 is 0 Å². The molecule has 0 aliphatic rings. The van der Waals surface area contributed by atoms with Crippen LogP contribution in [0.2, 0.25) is 0 Å². The van der Waals surface area contributed by atoms with Crippen LogP contribution < -0.4 is 5.32 Å². The van der Waals surface area contributed by atoms with Crippen LogP contribution in [0.5, 0.6) is 0 Å². The number of esters is 1. The van der Waals surface area contributed by atoms with E-state index < -0.39 is 17.9 Å². The summed E-state index contributed by atoms with van der Waals surface area (Å²) in [4.78, 5) is 32.6. The highest BCUT2D eigenvalue weighted by Gasteiger charge is 2.24. The number of methoxy groups -OCH3 is 1. The van der Waals surface area contributed by atoms with Crippen LogP contribution in [-0.2, 0) is 16.0 Å². The van der Waals surface area contributed by atoms with Crippen LogP contribution in [0.25, 0.3) is 21.8 Å². The Bertz CT molecular complexity index is 1170. The molecule has 2 heterocycles. The Balaban J connectivity index is 1.58. The smallest absolute Gasteiger partial charge is 0.328 e. The number of H-pyrrole nitrogens is 1. The lowest BCUT2D eigenvalue weighted by molar-refractivity contribution is -0.142. The molecular weight excluding hydrogens is 354 g/mol. The zero-order chi connectivity index (χ0) is 19.5. The lowest BCUT2D eigenvalue weighted by Crippen LogP contribution is -2.43. The monoisotopic (exact) mass is 373 g/mol. The van der Waals surface area contributed by atoms with Crippen molar-refractivity contribution in [3.8, 4) is 0 Å². The Morgan fingerprint density at radius 3 is 2.71 bits per heavy atom. The maximum absolute atomic E-state index is 12.7. The van der Waals surface area contributed by atoms with Crippen LogP contribution in [0, 0.1) is 0 Å². The molecule has 6 nitrogen and oxygen atoms in total. The molecular formula is C22H19N3O3. The number of rotatable bonds is 5. The third-order valence-electron chi connectivity index (χ3n) is 4.72. The number of benzene rings is 2. The summed E-state index contributed by atoms with van der Waals surface area (Å²) >= 11 is 0. The van der Waals surface area contributed by atoms with Crippen molar-refractivity contribution >= 4 is 33.7 Å². The minimum atomic E-state index is -0.815. The largest absolute Gasteiger partial charge is 0.467 e. The fourth-order valence-corrected chi connectivity index (χ4v) is 3.28. The average molecular weight is 373 g/mol. The van der Waals surface area contributed by atoms with Crippen molar-refractivity contribution in [1.29, 1.82) is 0 Å². The second kappa shape index (κ2) is 7.52. The summed E-state index contributed by atoms with van der Waals surface area (Å²) in [5, 5.41) is 4.72. The minimum Gasteiger partial charge on any atom is -0.467 e. The molecule has 2 aromatic carbocycles. The fourth-order valence-electron chi connectivity index (χ4n) is 3.28. The van der Waals surface area contributed by atoms with Gasteiger partial charge in [-0.05, 0) is 23.8 Å². The first kappa shape index (κ1) is 17.7. The second-order valence-corrected chi connectivity index (χ2v) is 6.50. The van der Waals surface area contributed by atoms with Gasteiger partial charge >= 0.3 is 5.97 Å². The van der Waals surface area contributed by atoms with E-state index in [-0.39, 0.29) is 5.69 Å². The van der Waals surface area contributed by atoms with E-state index in [9.17, 15) is 9.59 Å². The van der Waals surface area contributed by atoms with Crippen LogP contribution >= 0.6 is 0 Å². The van der Waals surface area contributed by atoms with Gasteiger partial charge in [0.1, 0.15) is 11.7 Å². The molecule has 4 rings (SSSR count). The Hall–Kier alpha value is -3.67. The fraction of sp³-hybridized carbons (Fsp3) is 0.136. The summed E-state index contributed by atoms with van der Waals surface area (Å²) in [5.74, 6) is -0.916. The van der Waals surface area contributed by atoms with E-state index in [0.29, 0.717) is 6.42 Å². The SMILES string of the molecule is COC(=O)[C@@H](Cc1c[nH]c2ccccc12)NC(=O)c1ccc2ccccc2n1. The second-order valence-electron chi connectivity index (χ2n) is 6.50. The lowest BCUT2D eigenvalue weighted by Gasteiger charge is -2.16. The van der Waals surface area contributed by atoms with Crippen molar-refractivity contribution in [3.63, 3.8) is 0 Å². The number of nitrogens with one attached hydrogen (secondary N) is 2. The molecule has 140 valence electrons. The maximum Gasteiger partial charge on any atom is 0.328 e. The molecule has 0 aliphatic carbocycles. The molecule has 2 aromatic heterocycles. The normalized spacial score (nSPS) is 12.0. The predicted molar refractivity (Wildman–Crippen MR) is 107 cm³/mol. The Morgan fingerprint density at radius 2 is 1.86 bits per heavy atom. The standard InChI is InChI=1S/C22H19N3O3/c1-28-22(27)20(12-15-13-23-18-9-5-3-7-16(15)18)25-21(26)19-11-10-14-6-2-4-8-17(14)24-19/h2-11,13,20,23H,12H2,1H3,(H,25,26)/t20-/m1/s1. The number of nitrogens with zero attached hydrogens (tertiary/aromatic N) is 1. The molecule has 28 heavy (non-hydrogen) atoms. The van der Waals surface area contributed by atoms with Gasteiger partial charge in [0.05, 0.1) is 12.6 Å². The van der Waals surface area contributed by atoms with Gasteiger partial charge in [0, 0.05) is 28.9 Å². The highest BCUT2D eigenvalue weighted by molar-refractivity contribution is 5.97. The number of para-hydroxylation sites is 2. The van der Waals surface area contributed by atoms with E-state index in [1.165, 1.54) is 7.11 Å². The Labute approximate surface area is 161 Å². The van der Waals surface area contributed by atoms with Gasteiger partial charge in [-0.1, -0.05) is 42.5 Å². The van der Waals surface area contributed by atoms with Crippen LogP contribution in [0.4, 0.5) is 0 Å². The number of carbonyl (C=O) groups excluding carboxylic acids is 2. The number of hydrogen-bond acceptors (Lipinski definition) is 4. The Kier molecular flexibility index (Phi) is 4.76. The number of pyridine rings is 1. The third kappa shape index (κ3) is 3.44.